The standard InChI is InChI=1S/C24H26N6/c1-4-15-30(24-17(2)9-10-18(3)25-24)16-19-11-13-20(14-12-19)21-7-5-6-8-22(21)23-26-28-29-27-23/h5-14H,4,15-16H2,1-3H3,(H,26,27,28,29). The van der Waals surface area contributed by atoms with E-state index in [1.165, 1.54) is 11.1 Å². The third-order valence-corrected chi connectivity index (χ3v) is 5.17. The number of nitrogens with one attached hydrogen (secondary N) is 1. The van der Waals surface area contributed by atoms with Crippen molar-refractivity contribution in [3.05, 3.63) is 77.5 Å². The van der Waals surface area contributed by atoms with Crippen LogP contribution < -0.4 is 4.90 Å². The van der Waals surface area contributed by atoms with E-state index >= 15 is 0 Å². The van der Waals surface area contributed by atoms with Crippen molar-refractivity contribution in [1.29, 1.82) is 0 Å². The van der Waals surface area contributed by atoms with Crippen molar-refractivity contribution in [3.8, 4) is 22.5 Å². The van der Waals surface area contributed by atoms with E-state index in [1.807, 2.05) is 25.1 Å². The number of H-pyrrole nitrogens is 1. The summed E-state index contributed by atoms with van der Waals surface area (Å²) in [6.45, 7) is 8.18. The molecule has 0 aliphatic heterocycles. The summed E-state index contributed by atoms with van der Waals surface area (Å²) in [7, 11) is 0. The molecule has 0 saturated heterocycles. The predicted molar refractivity (Wildman–Crippen MR) is 120 cm³/mol. The van der Waals surface area contributed by atoms with Gasteiger partial charge in [0.15, 0.2) is 5.82 Å². The zero-order valence-corrected chi connectivity index (χ0v) is 17.6. The normalized spacial score (nSPS) is 10.9. The number of aryl methyl sites for hydroxylation is 2. The molecule has 0 amide bonds. The van der Waals surface area contributed by atoms with Crippen LogP contribution in [0.5, 0.6) is 0 Å². The van der Waals surface area contributed by atoms with Gasteiger partial charge in [-0.05, 0) is 59.0 Å². The van der Waals surface area contributed by atoms with E-state index in [9.17, 15) is 0 Å². The van der Waals surface area contributed by atoms with Gasteiger partial charge in [-0.1, -0.05) is 61.5 Å². The Bertz CT molecular complexity index is 1100. The summed E-state index contributed by atoms with van der Waals surface area (Å²) in [5, 5.41) is 14.3. The van der Waals surface area contributed by atoms with Crippen LogP contribution in [0.1, 0.15) is 30.2 Å². The molecule has 0 fully saturated rings. The van der Waals surface area contributed by atoms with Crippen molar-refractivity contribution >= 4 is 5.82 Å². The van der Waals surface area contributed by atoms with Crippen molar-refractivity contribution in [3.63, 3.8) is 0 Å². The monoisotopic (exact) mass is 398 g/mol. The fourth-order valence-corrected chi connectivity index (χ4v) is 3.69. The van der Waals surface area contributed by atoms with E-state index in [1.54, 1.807) is 0 Å². The number of aromatic nitrogens is 5. The number of pyridine rings is 1. The average molecular weight is 399 g/mol. The Balaban J connectivity index is 1.60. The fourth-order valence-electron chi connectivity index (χ4n) is 3.69. The molecule has 0 spiro atoms. The third-order valence-electron chi connectivity index (χ3n) is 5.17. The highest BCUT2D eigenvalue weighted by molar-refractivity contribution is 5.80. The van der Waals surface area contributed by atoms with Gasteiger partial charge >= 0.3 is 0 Å². The lowest BCUT2D eigenvalue weighted by atomic mass is 9.98. The summed E-state index contributed by atoms with van der Waals surface area (Å²) < 4.78 is 0. The first-order valence-electron chi connectivity index (χ1n) is 10.3. The van der Waals surface area contributed by atoms with Gasteiger partial charge in [-0.15, -0.1) is 5.10 Å². The molecule has 0 unspecified atom stereocenters. The molecule has 4 rings (SSSR count). The van der Waals surface area contributed by atoms with Crippen LogP contribution in [-0.2, 0) is 6.54 Å². The lowest BCUT2D eigenvalue weighted by Crippen LogP contribution is -2.25. The van der Waals surface area contributed by atoms with Crippen LogP contribution in [0, 0.1) is 13.8 Å². The summed E-state index contributed by atoms with van der Waals surface area (Å²) in [6, 6.07) is 21.1. The van der Waals surface area contributed by atoms with Gasteiger partial charge in [0.05, 0.1) is 0 Å². The van der Waals surface area contributed by atoms with Crippen LogP contribution in [0.2, 0.25) is 0 Å². The Kier molecular flexibility index (Phi) is 5.84. The summed E-state index contributed by atoms with van der Waals surface area (Å²) in [5.41, 5.74) is 6.74. The number of anilines is 1. The lowest BCUT2D eigenvalue weighted by Gasteiger charge is -2.25. The highest BCUT2D eigenvalue weighted by Crippen LogP contribution is 2.30. The van der Waals surface area contributed by atoms with Crippen molar-refractivity contribution in [2.75, 3.05) is 11.4 Å². The zero-order chi connectivity index (χ0) is 20.9. The summed E-state index contributed by atoms with van der Waals surface area (Å²) >= 11 is 0. The molecule has 6 nitrogen and oxygen atoms in total. The van der Waals surface area contributed by atoms with Gasteiger partial charge in [0.25, 0.3) is 0 Å². The average Bonchev–Trinajstić information content (AvgIpc) is 3.31. The van der Waals surface area contributed by atoms with Crippen LogP contribution in [-0.4, -0.2) is 32.2 Å². The summed E-state index contributed by atoms with van der Waals surface area (Å²) in [5.74, 6) is 1.74. The maximum absolute atomic E-state index is 4.80. The quantitative estimate of drug-likeness (QED) is 0.476. The molecule has 0 saturated carbocycles. The predicted octanol–water partition coefficient (Wildman–Crippen LogP) is 4.96. The largest absolute Gasteiger partial charge is 0.352 e. The molecule has 2 heterocycles. The van der Waals surface area contributed by atoms with E-state index in [0.29, 0.717) is 5.82 Å². The SMILES string of the molecule is CCCN(Cc1ccc(-c2ccccc2-c2nnn[nH]2)cc1)c1nc(C)ccc1C. The first kappa shape index (κ1) is 19.8. The summed E-state index contributed by atoms with van der Waals surface area (Å²) in [6.07, 6.45) is 1.08. The number of tetrazole rings is 1. The van der Waals surface area contributed by atoms with Crippen LogP contribution in [0.4, 0.5) is 5.82 Å². The molecule has 2 aromatic heterocycles. The summed E-state index contributed by atoms with van der Waals surface area (Å²) in [4.78, 5) is 7.16. The molecular weight excluding hydrogens is 372 g/mol. The molecule has 4 aromatic rings. The Morgan fingerprint density at radius 2 is 1.67 bits per heavy atom. The second-order valence-electron chi connectivity index (χ2n) is 7.51. The molecule has 0 aliphatic rings. The van der Waals surface area contributed by atoms with Crippen LogP contribution in [0.25, 0.3) is 22.5 Å². The Morgan fingerprint density at radius 1 is 0.900 bits per heavy atom. The van der Waals surface area contributed by atoms with E-state index in [4.69, 9.17) is 4.98 Å². The van der Waals surface area contributed by atoms with Gasteiger partial charge in [-0.25, -0.2) is 10.1 Å². The molecule has 30 heavy (non-hydrogen) atoms. The second kappa shape index (κ2) is 8.86. The fraction of sp³-hybridized carbons (Fsp3) is 0.250. The minimum Gasteiger partial charge on any atom is -0.352 e. The van der Waals surface area contributed by atoms with E-state index < -0.39 is 0 Å². The first-order chi connectivity index (χ1) is 14.7. The van der Waals surface area contributed by atoms with Gasteiger partial charge < -0.3 is 4.90 Å². The van der Waals surface area contributed by atoms with Gasteiger partial charge in [-0.3, -0.25) is 0 Å². The molecule has 0 bridgehead atoms. The number of benzene rings is 2. The van der Waals surface area contributed by atoms with E-state index in [-0.39, 0.29) is 0 Å². The third kappa shape index (κ3) is 4.22. The van der Waals surface area contributed by atoms with Gasteiger partial charge in [0.1, 0.15) is 5.82 Å². The first-order valence-corrected chi connectivity index (χ1v) is 10.3. The second-order valence-corrected chi connectivity index (χ2v) is 7.51. The molecule has 0 aliphatic carbocycles. The van der Waals surface area contributed by atoms with Crippen molar-refractivity contribution in [2.45, 2.75) is 33.7 Å². The highest BCUT2D eigenvalue weighted by Gasteiger charge is 2.13. The van der Waals surface area contributed by atoms with Crippen molar-refractivity contribution in [2.24, 2.45) is 0 Å². The number of rotatable bonds is 7. The van der Waals surface area contributed by atoms with Crippen molar-refractivity contribution in [1.82, 2.24) is 25.6 Å². The molecule has 152 valence electrons. The van der Waals surface area contributed by atoms with Gasteiger partial charge in [0.2, 0.25) is 0 Å². The molecular formula is C24H26N6. The lowest BCUT2D eigenvalue weighted by molar-refractivity contribution is 0.749. The molecule has 0 radical (unpaired) electrons. The Morgan fingerprint density at radius 3 is 2.37 bits per heavy atom. The molecule has 1 N–H and O–H groups in total. The van der Waals surface area contributed by atoms with Crippen LogP contribution >= 0.6 is 0 Å². The van der Waals surface area contributed by atoms with Gasteiger partial charge in [0, 0.05) is 24.3 Å². The molecule has 2 aromatic carbocycles. The molecule has 6 heteroatoms. The minimum atomic E-state index is 0.671. The Hall–Kier alpha value is -3.54. The number of hydrogen-bond acceptors (Lipinski definition) is 5. The zero-order valence-electron chi connectivity index (χ0n) is 17.6. The van der Waals surface area contributed by atoms with E-state index in [0.717, 1.165) is 47.7 Å². The van der Waals surface area contributed by atoms with E-state index in [2.05, 4.69) is 81.8 Å². The number of nitrogens with zero attached hydrogens (tertiary/aromatic N) is 5. The maximum Gasteiger partial charge on any atom is 0.180 e. The minimum absolute atomic E-state index is 0.671. The number of aromatic amines is 1. The van der Waals surface area contributed by atoms with Gasteiger partial charge in [-0.2, -0.15) is 0 Å². The smallest absolute Gasteiger partial charge is 0.180 e. The van der Waals surface area contributed by atoms with Crippen LogP contribution in [0.3, 0.4) is 0 Å². The Labute approximate surface area is 177 Å². The maximum atomic E-state index is 4.80. The number of hydrogen-bond donors (Lipinski definition) is 1. The van der Waals surface area contributed by atoms with Crippen molar-refractivity contribution < 1.29 is 0 Å². The molecule has 0 atom stereocenters. The highest BCUT2D eigenvalue weighted by atomic mass is 15.5. The van der Waals surface area contributed by atoms with Crippen LogP contribution in [0.15, 0.2) is 60.7 Å². The topological polar surface area (TPSA) is 70.6 Å².